The summed E-state index contributed by atoms with van der Waals surface area (Å²) in [7, 11) is 7.59. The lowest BCUT2D eigenvalue weighted by molar-refractivity contribution is 0.0816. The van der Waals surface area contributed by atoms with E-state index in [1.54, 1.807) is 25.3 Å². The van der Waals surface area contributed by atoms with Gasteiger partial charge in [-0.05, 0) is 60.4 Å². The molecule has 34 heavy (non-hydrogen) atoms. The van der Waals surface area contributed by atoms with Gasteiger partial charge in [0, 0.05) is 17.2 Å². The van der Waals surface area contributed by atoms with Gasteiger partial charge in [-0.1, -0.05) is 12.1 Å². The van der Waals surface area contributed by atoms with Crippen molar-refractivity contribution in [1.82, 2.24) is 0 Å². The molecule has 0 heterocycles. The largest absolute Gasteiger partial charge is 0.497 e. The highest BCUT2D eigenvalue weighted by atomic mass is 16.5. The third-order valence-corrected chi connectivity index (χ3v) is 5.52. The molecule has 0 bridgehead atoms. The van der Waals surface area contributed by atoms with Gasteiger partial charge in [0.1, 0.15) is 17.2 Å². The molecule has 3 aromatic rings. The molecule has 0 fully saturated rings. The van der Waals surface area contributed by atoms with Crippen LogP contribution in [0.3, 0.4) is 0 Å². The molecule has 3 aromatic carbocycles. The average Bonchev–Trinajstić information content (AvgIpc) is 2.90. The third kappa shape index (κ3) is 5.49. The van der Waals surface area contributed by atoms with Gasteiger partial charge in [0.05, 0.1) is 35.5 Å². The van der Waals surface area contributed by atoms with E-state index in [1.807, 2.05) is 24.3 Å². The fourth-order valence-corrected chi connectivity index (χ4v) is 3.60. The summed E-state index contributed by atoms with van der Waals surface area (Å²) < 4.78 is 26.5. The quantitative estimate of drug-likeness (QED) is 0.304. The molecular weight excluding hydrogens is 436 g/mol. The van der Waals surface area contributed by atoms with Crippen molar-refractivity contribution in [3.8, 4) is 28.7 Å². The summed E-state index contributed by atoms with van der Waals surface area (Å²) >= 11 is 0. The number of ether oxygens (including phenoxy) is 5. The molecule has 0 unspecified atom stereocenters. The van der Waals surface area contributed by atoms with Gasteiger partial charge >= 0.3 is 0 Å². The molecule has 178 valence electrons. The van der Waals surface area contributed by atoms with Crippen molar-refractivity contribution in [2.45, 2.75) is 12.8 Å². The summed E-state index contributed by atoms with van der Waals surface area (Å²) in [5.74, 6) is 1.14. The molecular formula is C27H28O7. The summed E-state index contributed by atoms with van der Waals surface area (Å²) in [6.45, 7) is 0. The molecule has 0 radical (unpaired) electrons. The number of rotatable bonds is 11. The Morgan fingerprint density at radius 2 is 1.15 bits per heavy atom. The highest BCUT2D eigenvalue weighted by molar-refractivity contribution is 6.49. The third-order valence-electron chi connectivity index (χ3n) is 5.52. The second kappa shape index (κ2) is 11.2. The molecule has 0 aromatic heterocycles. The summed E-state index contributed by atoms with van der Waals surface area (Å²) in [6.07, 6.45) is 1.17. The van der Waals surface area contributed by atoms with Crippen LogP contribution >= 0.6 is 0 Å². The molecule has 0 aliphatic heterocycles. The highest BCUT2D eigenvalue weighted by Crippen LogP contribution is 2.32. The smallest absolute Gasteiger partial charge is 0.233 e. The van der Waals surface area contributed by atoms with Crippen molar-refractivity contribution in [2.75, 3.05) is 35.5 Å². The van der Waals surface area contributed by atoms with Gasteiger partial charge in [-0.25, -0.2) is 0 Å². The number of methoxy groups -OCH3 is 5. The Morgan fingerprint density at radius 1 is 0.588 bits per heavy atom. The molecule has 0 saturated carbocycles. The molecule has 0 amide bonds. The monoisotopic (exact) mass is 464 g/mol. The second-order valence-electron chi connectivity index (χ2n) is 7.47. The van der Waals surface area contributed by atoms with Gasteiger partial charge in [0.25, 0.3) is 0 Å². The minimum absolute atomic E-state index is 0.178. The number of hydrogen-bond donors (Lipinski definition) is 0. The Bertz CT molecular complexity index is 1140. The van der Waals surface area contributed by atoms with E-state index in [0.717, 1.165) is 11.3 Å². The predicted octanol–water partition coefficient (Wildman–Crippen LogP) is 4.58. The van der Waals surface area contributed by atoms with Crippen molar-refractivity contribution in [3.05, 3.63) is 76.9 Å². The van der Waals surface area contributed by atoms with E-state index < -0.39 is 11.6 Å². The van der Waals surface area contributed by atoms with Crippen molar-refractivity contribution in [1.29, 1.82) is 0 Å². The van der Waals surface area contributed by atoms with Crippen LogP contribution < -0.4 is 23.7 Å². The lowest BCUT2D eigenvalue weighted by Gasteiger charge is -2.15. The fraction of sp³-hybridized carbons (Fsp3) is 0.259. The van der Waals surface area contributed by atoms with Gasteiger partial charge in [-0.3, -0.25) is 9.59 Å². The number of ketones is 2. The molecule has 0 aliphatic carbocycles. The van der Waals surface area contributed by atoms with Crippen LogP contribution in [-0.4, -0.2) is 47.1 Å². The fourth-order valence-electron chi connectivity index (χ4n) is 3.60. The Hall–Kier alpha value is -4.00. The summed E-state index contributed by atoms with van der Waals surface area (Å²) in [5, 5.41) is 0. The zero-order valence-corrected chi connectivity index (χ0v) is 20.0. The maximum absolute atomic E-state index is 13.4. The van der Waals surface area contributed by atoms with Gasteiger partial charge in [-0.15, -0.1) is 0 Å². The van der Waals surface area contributed by atoms with Crippen LogP contribution in [-0.2, 0) is 12.8 Å². The maximum atomic E-state index is 13.4. The van der Waals surface area contributed by atoms with Crippen molar-refractivity contribution in [3.63, 3.8) is 0 Å². The van der Waals surface area contributed by atoms with E-state index in [2.05, 4.69) is 0 Å². The number of Topliss-reactive ketones (excluding diaryl/α,β-unsaturated/α-hetero) is 2. The molecule has 0 N–H and O–H groups in total. The second-order valence-corrected chi connectivity index (χ2v) is 7.47. The summed E-state index contributed by atoms with van der Waals surface area (Å²) in [6, 6.07) is 15.7. The first-order valence-electron chi connectivity index (χ1n) is 10.6. The number of hydrogen-bond acceptors (Lipinski definition) is 7. The maximum Gasteiger partial charge on any atom is 0.233 e. The van der Waals surface area contributed by atoms with Crippen LogP contribution in [0.5, 0.6) is 28.7 Å². The highest BCUT2D eigenvalue weighted by Gasteiger charge is 2.25. The first-order valence-corrected chi connectivity index (χ1v) is 10.6. The SMILES string of the molecule is COc1ccc(CCc2cc(OC)c(OC)cc2C(=O)C(=O)c2cc(OC)cc(OC)c2)cc1. The first-order chi connectivity index (χ1) is 16.4. The van der Waals surface area contributed by atoms with Crippen molar-refractivity contribution >= 4 is 11.6 Å². The van der Waals surface area contributed by atoms with Crippen LogP contribution in [0.25, 0.3) is 0 Å². The number of benzene rings is 3. The lowest BCUT2D eigenvalue weighted by Crippen LogP contribution is -2.17. The first kappa shape index (κ1) is 24.6. The van der Waals surface area contributed by atoms with Gasteiger partial charge in [0.2, 0.25) is 11.6 Å². The van der Waals surface area contributed by atoms with Crippen LogP contribution in [0.15, 0.2) is 54.6 Å². The minimum atomic E-state index is -0.671. The lowest BCUT2D eigenvalue weighted by atomic mass is 9.93. The van der Waals surface area contributed by atoms with Gasteiger partial charge in [-0.2, -0.15) is 0 Å². The molecule has 7 heteroatoms. The van der Waals surface area contributed by atoms with Crippen molar-refractivity contribution in [2.24, 2.45) is 0 Å². The Labute approximate surface area is 199 Å². The van der Waals surface area contributed by atoms with E-state index >= 15 is 0 Å². The number of carbonyl (C=O) groups is 2. The van der Waals surface area contributed by atoms with E-state index in [0.29, 0.717) is 41.4 Å². The molecule has 0 spiro atoms. The number of aryl methyl sites for hydroxylation is 2. The van der Waals surface area contributed by atoms with E-state index in [-0.39, 0.29) is 11.1 Å². The standard InChI is InChI=1S/C27H28O7/c1-30-20-10-7-17(8-11-20)6-9-18-14-24(33-4)25(34-5)16-23(18)27(29)26(28)19-12-21(31-2)15-22(13-19)32-3/h7-8,10-16H,6,9H2,1-5H3. The molecule has 0 aliphatic rings. The molecule has 0 saturated heterocycles. The normalized spacial score (nSPS) is 10.4. The summed E-state index contributed by atoms with van der Waals surface area (Å²) in [4.78, 5) is 26.6. The Balaban J connectivity index is 1.97. The molecule has 0 atom stereocenters. The van der Waals surface area contributed by atoms with Crippen LogP contribution in [0.2, 0.25) is 0 Å². The van der Waals surface area contributed by atoms with E-state index in [4.69, 9.17) is 23.7 Å². The van der Waals surface area contributed by atoms with E-state index in [9.17, 15) is 9.59 Å². The minimum Gasteiger partial charge on any atom is -0.497 e. The topological polar surface area (TPSA) is 80.3 Å². The van der Waals surface area contributed by atoms with Crippen LogP contribution in [0.1, 0.15) is 31.8 Å². The molecule has 3 rings (SSSR count). The van der Waals surface area contributed by atoms with Gasteiger partial charge < -0.3 is 23.7 Å². The van der Waals surface area contributed by atoms with E-state index in [1.165, 1.54) is 40.6 Å². The van der Waals surface area contributed by atoms with Crippen molar-refractivity contribution < 1.29 is 33.3 Å². The average molecular weight is 465 g/mol. The predicted molar refractivity (Wildman–Crippen MR) is 128 cm³/mol. The zero-order chi connectivity index (χ0) is 24.7. The Morgan fingerprint density at radius 3 is 1.68 bits per heavy atom. The Kier molecular flexibility index (Phi) is 8.14. The van der Waals surface area contributed by atoms with Crippen LogP contribution in [0.4, 0.5) is 0 Å². The molecule has 7 nitrogen and oxygen atoms in total. The number of carbonyl (C=O) groups excluding carboxylic acids is 2. The van der Waals surface area contributed by atoms with Crippen LogP contribution in [0, 0.1) is 0 Å². The zero-order valence-electron chi connectivity index (χ0n) is 20.0. The summed E-state index contributed by atoms with van der Waals surface area (Å²) in [5.41, 5.74) is 2.19. The van der Waals surface area contributed by atoms with Gasteiger partial charge in [0.15, 0.2) is 11.5 Å².